The van der Waals surface area contributed by atoms with Crippen molar-refractivity contribution in [2.24, 2.45) is 15.7 Å². The van der Waals surface area contributed by atoms with Crippen LogP contribution in [0, 0.1) is 11.6 Å². The summed E-state index contributed by atoms with van der Waals surface area (Å²) in [4.78, 5) is 6.89. The molecular weight excluding hydrogens is 326 g/mol. The number of alkyl halides is 2. The van der Waals surface area contributed by atoms with Crippen molar-refractivity contribution in [3.63, 3.8) is 0 Å². The molecule has 5 nitrogen and oxygen atoms in total. The fraction of sp³-hybridized carbons (Fsp3) is 0.333. The maximum absolute atomic E-state index is 14.1. The topological polar surface area (TPSA) is 88.0 Å². The zero-order valence-electron chi connectivity index (χ0n) is 11.3. The van der Waals surface area contributed by atoms with Gasteiger partial charge in [0.2, 0.25) is 11.1 Å². The summed E-state index contributed by atoms with van der Waals surface area (Å²) in [5.74, 6) is -2.24. The van der Waals surface area contributed by atoms with E-state index >= 15 is 0 Å². The highest BCUT2D eigenvalue weighted by molar-refractivity contribution is 7.80. The number of aliphatic imine (C=N–C) groups is 2. The number of benzene rings is 1. The van der Waals surface area contributed by atoms with Crippen LogP contribution in [0.25, 0.3) is 0 Å². The molecule has 0 aliphatic carbocycles. The van der Waals surface area contributed by atoms with Crippen molar-refractivity contribution in [1.82, 2.24) is 0 Å². The van der Waals surface area contributed by atoms with Gasteiger partial charge in [-0.3, -0.25) is 4.99 Å². The summed E-state index contributed by atoms with van der Waals surface area (Å²) in [6, 6.07) is 1.97. The lowest BCUT2D eigenvalue weighted by molar-refractivity contribution is 0.0110. The Hall–Kier alpha value is -1.81. The van der Waals surface area contributed by atoms with E-state index < -0.39 is 45.5 Å². The second-order valence-corrected chi connectivity index (χ2v) is 5.49. The van der Waals surface area contributed by atoms with E-state index in [2.05, 4.69) is 9.98 Å². The molecule has 122 valence electrons. The van der Waals surface area contributed by atoms with Crippen LogP contribution in [0.4, 0.5) is 17.6 Å². The second-order valence-electron chi connectivity index (χ2n) is 4.48. The SMILES string of the molecule is CC(CN=CN=CN)(c1ccc(F)cc1F)C(F)(F)S(=O)O. The van der Waals surface area contributed by atoms with Gasteiger partial charge in [-0.2, -0.15) is 8.78 Å². The highest BCUT2D eigenvalue weighted by Gasteiger charge is 2.57. The summed E-state index contributed by atoms with van der Waals surface area (Å²) in [5, 5.41) is -4.24. The average molecular weight is 339 g/mol. The van der Waals surface area contributed by atoms with Crippen molar-refractivity contribution in [2.75, 3.05) is 6.54 Å². The number of rotatable bonds is 6. The number of nitrogens with zero attached hydrogens (tertiary/aromatic N) is 2. The van der Waals surface area contributed by atoms with E-state index in [9.17, 15) is 21.8 Å². The molecule has 1 rings (SSSR count). The number of nitrogens with two attached hydrogens (primary N) is 1. The maximum atomic E-state index is 14.1. The van der Waals surface area contributed by atoms with Gasteiger partial charge in [0.25, 0.3) is 0 Å². The minimum absolute atomic E-state index is 0.408. The Balaban J connectivity index is 3.41. The van der Waals surface area contributed by atoms with E-state index in [0.29, 0.717) is 6.07 Å². The first-order valence-corrected chi connectivity index (χ1v) is 6.93. The summed E-state index contributed by atoms with van der Waals surface area (Å²) in [6.07, 6.45) is 1.69. The fourth-order valence-corrected chi connectivity index (χ4v) is 2.33. The van der Waals surface area contributed by atoms with E-state index in [4.69, 9.17) is 10.3 Å². The Kier molecular flexibility index (Phi) is 5.78. The molecule has 3 N–H and O–H groups in total. The van der Waals surface area contributed by atoms with E-state index in [1.165, 1.54) is 0 Å². The minimum Gasteiger partial charge on any atom is -0.390 e. The van der Waals surface area contributed by atoms with Crippen LogP contribution in [0.1, 0.15) is 12.5 Å². The molecule has 2 atom stereocenters. The van der Waals surface area contributed by atoms with Crippen molar-refractivity contribution in [3.05, 3.63) is 35.4 Å². The minimum atomic E-state index is -4.24. The lowest BCUT2D eigenvalue weighted by Crippen LogP contribution is -2.48. The van der Waals surface area contributed by atoms with E-state index in [0.717, 1.165) is 31.7 Å². The highest BCUT2D eigenvalue weighted by Crippen LogP contribution is 2.43. The molecule has 0 radical (unpaired) electrons. The zero-order valence-corrected chi connectivity index (χ0v) is 12.2. The summed E-state index contributed by atoms with van der Waals surface area (Å²) in [5.41, 5.74) is 1.80. The van der Waals surface area contributed by atoms with Crippen LogP contribution < -0.4 is 5.73 Å². The maximum Gasteiger partial charge on any atom is 0.356 e. The van der Waals surface area contributed by atoms with Gasteiger partial charge >= 0.3 is 5.25 Å². The smallest absolute Gasteiger partial charge is 0.356 e. The van der Waals surface area contributed by atoms with E-state index in [-0.39, 0.29) is 0 Å². The largest absolute Gasteiger partial charge is 0.390 e. The molecule has 0 aliphatic rings. The van der Waals surface area contributed by atoms with Crippen LogP contribution in [-0.4, -0.2) is 33.2 Å². The molecule has 0 bridgehead atoms. The normalized spacial score (nSPS) is 17.0. The quantitative estimate of drug-likeness (QED) is 0.360. The van der Waals surface area contributed by atoms with Crippen molar-refractivity contribution < 1.29 is 26.3 Å². The van der Waals surface area contributed by atoms with Crippen molar-refractivity contribution in [2.45, 2.75) is 17.6 Å². The number of halogens is 4. The molecule has 0 saturated heterocycles. The summed E-state index contributed by atoms with van der Waals surface area (Å²) in [6.45, 7) is 0.0765. The first-order chi connectivity index (χ1) is 10.2. The molecule has 1 aromatic carbocycles. The molecule has 0 aromatic heterocycles. The lowest BCUT2D eigenvalue weighted by atomic mass is 9.82. The van der Waals surface area contributed by atoms with Gasteiger partial charge in [0.1, 0.15) is 18.0 Å². The third kappa shape index (κ3) is 3.50. The van der Waals surface area contributed by atoms with Crippen molar-refractivity contribution in [3.8, 4) is 0 Å². The standard InChI is InChI=1S/C12H13F4N3O2S/c1-11(5-18-7-19-6-17,12(15,16)22(20)21)9-3-2-8(13)4-10(9)14/h2-4,6-7H,5H2,1H3,(H,20,21)(H2,17,18,19). The van der Waals surface area contributed by atoms with Crippen LogP contribution in [-0.2, 0) is 16.5 Å². The van der Waals surface area contributed by atoms with Crippen LogP contribution in [0.5, 0.6) is 0 Å². The second kappa shape index (κ2) is 6.97. The van der Waals surface area contributed by atoms with Crippen molar-refractivity contribution >= 4 is 23.8 Å². The van der Waals surface area contributed by atoms with Gasteiger partial charge in [0.15, 0.2) is 0 Å². The number of hydrogen-bond acceptors (Lipinski definition) is 2. The van der Waals surface area contributed by atoms with Gasteiger partial charge < -0.3 is 10.3 Å². The summed E-state index contributed by atoms with van der Waals surface area (Å²) >= 11 is -3.60. The van der Waals surface area contributed by atoms with Crippen LogP contribution in [0.2, 0.25) is 0 Å². The molecule has 0 aliphatic heterocycles. The Morgan fingerprint density at radius 2 is 2.05 bits per heavy atom. The Morgan fingerprint density at radius 1 is 1.41 bits per heavy atom. The molecule has 0 spiro atoms. The molecule has 22 heavy (non-hydrogen) atoms. The predicted octanol–water partition coefficient (Wildman–Crippen LogP) is 2.05. The first kappa shape index (κ1) is 18.2. The van der Waals surface area contributed by atoms with Crippen LogP contribution >= 0.6 is 0 Å². The third-order valence-corrected chi connectivity index (χ3v) is 3.92. The van der Waals surface area contributed by atoms with Gasteiger partial charge in [-0.25, -0.2) is 18.0 Å². The molecule has 0 fully saturated rings. The summed E-state index contributed by atoms with van der Waals surface area (Å²) in [7, 11) is 0. The van der Waals surface area contributed by atoms with Gasteiger partial charge in [-0.1, -0.05) is 6.07 Å². The van der Waals surface area contributed by atoms with Gasteiger partial charge in [0.05, 0.1) is 18.3 Å². The van der Waals surface area contributed by atoms with E-state index in [1.54, 1.807) is 0 Å². The number of hydrogen-bond donors (Lipinski definition) is 2. The Bertz CT molecular complexity index is 624. The molecule has 2 unspecified atom stereocenters. The molecule has 0 amide bonds. The van der Waals surface area contributed by atoms with Crippen LogP contribution in [0.15, 0.2) is 28.2 Å². The summed E-state index contributed by atoms with van der Waals surface area (Å²) < 4.78 is 74.9. The predicted molar refractivity (Wildman–Crippen MR) is 75.5 cm³/mol. The fourth-order valence-electron chi connectivity index (χ4n) is 1.77. The monoisotopic (exact) mass is 339 g/mol. The van der Waals surface area contributed by atoms with Gasteiger partial charge in [-0.05, 0) is 13.0 Å². The molecule has 0 heterocycles. The molecule has 0 saturated carbocycles. The highest BCUT2D eigenvalue weighted by atomic mass is 32.2. The Labute approximate surface area is 126 Å². The van der Waals surface area contributed by atoms with Crippen molar-refractivity contribution in [1.29, 1.82) is 0 Å². The molecular formula is C12H13F4N3O2S. The van der Waals surface area contributed by atoms with Crippen LogP contribution in [0.3, 0.4) is 0 Å². The molecule has 1 aromatic rings. The average Bonchev–Trinajstić information content (AvgIpc) is 2.43. The van der Waals surface area contributed by atoms with Gasteiger partial charge in [0, 0.05) is 11.6 Å². The lowest BCUT2D eigenvalue weighted by Gasteiger charge is -2.34. The zero-order chi connectivity index (χ0) is 17.0. The first-order valence-electron chi connectivity index (χ1n) is 5.83. The third-order valence-electron chi connectivity index (χ3n) is 3.03. The molecule has 10 heteroatoms. The Morgan fingerprint density at radius 3 is 2.55 bits per heavy atom. The van der Waals surface area contributed by atoms with Gasteiger partial charge in [-0.15, -0.1) is 0 Å². The van der Waals surface area contributed by atoms with E-state index in [1.807, 2.05) is 0 Å².